The van der Waals surface area contributed by atoms with Crippen molar-refractivity contribution in [3.63, 3.8) is 0 Å². The molecule has 1 aromatic carbocycles. The van der Waals surface area contributed by atoms with Crippen molar-refractivity contribution in [1.82, 2.24) is 4.90 Å². The average molecular weight is 308 g/mol. The van der Waals surface area contributed by atoms with Crippen LogP contribution in [0.3, 0.4) is 0 Å². The minimum atomic E-state index is -0.818. The molecule has 1 aliphatic rings. The van der Waals surface area contributed by atoms with Crippen molar-refractivity contribution in [2.24, 2.45) is 5.73 Å². The number of nitrogens with zero attached hydrogens (tertiary/aromatic N) is 1. The average Bonchev–Trinajstić information content (AvgIpc) is 2.95. The molecular weight excluding hydrogens is 290 g/mol. The van der Waals surface area contributed by atoms with Gasteiger partial charge in [-0.1, -0.05) is 6.07 Å². The summed E-state index contributed by atoms with van der Waals surface area (Å²) < 4.78 is 26.6. The van der Waals surface area contributed by atoms with Gasteiger partial charge in [-0.25, -0.2) is 8.78 Å². The van der Waals surface area contributed by atoms with Gasteiger partial charge in [0.05, 0.1) is 0 Å². The largest absolute Gasteiger partial charge is 0.329 e. The monoisotopic (exact) mass is 308 g/mol. The van der Waals surface area contributed by atoms with E-state index in [0.29, 0.717) is 6.54 Å². The predicted octanol–water partition coefficient (Wildman–Crippen LogP) is 3.65. The summed E-state index contributed by atoms with van der Waals surface area (Å²) in [6.45, 7) is 3.41. The Morgan fingerprint density at radius 1 is 1.33 bits per heavy atom. The fourth-order valence-electron chi connectivity index (χ4n) is 3.14. The van der Waals surface area contributed by atoms with Gasteiger partial charge in [0.1, 0.15) is 0 Å². The van der Waals surface area contributed by atoms with Crippen molar-refractivity contribution in [2.45, 2.75) is 25.4 Å². The van der Waals surface area contributed by atoms with E-state index < -0.39 is 11.6 Å². The fourth-order valence-corrected chi connectivity index (χ4v) is 4.10. The van der Waals surface area contributed by atoms with Crippen LogP contribution in [0.5, 0.6) is 0 Å². The second kappa shape index (κ2) is 5.83. The normalized spacial score (nSPS) is 20.3. The fraction of sp³-hybridized carbons (Fsp3) is 0.375. The maximum atomic E-state index is 13.5. The Morgan fingerprint density at radius 2 is 2.14 bits per heavy atom. The molecule has 0 saturated carbocycles. The predicted molar refractivity (Wildman–Crippen MR) is 81.3 cm³/mol. The first-order valence-corrected chi connectivity index (χ1v) is 7.96. The topological polar surface area (TPSA) is 29.3 Å². The van der Waals surface area contributed by atoms with Crippen LogP contribution in [-0.2, 0) is 6.42 Å². The SMILES string of the molecule is CC1c2ccsc2CCN1C(CN)c1ccc(F)c(F)c1. The van der Waals surface area contributed by atoms with E-state index >= 15 is 0 Å². The molecule has 2 N–H and O–H groups in total. The van der Waals surface area contributed by atoms with Crippen LogP contribution in [0.4, 0.5) is 8.78 Å². The number of hydrogen-bond acceptors (Lipinski definition) is 3. The van der Waals surface area contributed by atoms with E-state index in [4.69, 9.17) is 5.73 Å². The van der Waals surface area contributed by atoms with Crippen molar-refractivity contribution >= 4 is 11.3 Å². The summed E-state index contributed by atoms with van der Waals surface area (Å²) in [5.74, 6) is -1.63. The van der Waals surface area contributed by atoms with Crippen LogP contribution in [0.25, 0.3) is 0 Å². The van der Waals surface area contributed by atoms with E-state index in [9.17, 15) is 8.78 Å². The number of nitrogens with two attached hydrogens (primary N) is 1. The third-order valence-corrected chi connectivity index (χ3v) is 5.27. The summed E-state index contributed by atoms with van der Waals surface area (Å²) in [6.07, 6.45) is 0.984. The number of benzene rings is 1. The van der Waals surface area contributed by atoms with Crippen LogP contribution in [-0.4, -0.2) is 18.0 Å². The van der Waals surface area contributed by atoms with Crippen molar-refractivity contribution in [3.05, 3.63) is 57.3 Å². The third kappa shape index (κ3) is 2.61. The van der Waals surface area contributed by atoms with E-state index in [1.165, 1.54) is 22.6 Å². The summed E-state index contributed by atoms with van der Waals surface area (Å²) in [5.41, 5.74) is 7.99. The third-order valence-electron chi connectivity index (χ3n) is 4.28. The number of hydrogen-bond donors (Lipinski definition) is 1. The lowest BCUT2D eigenvalue weighted by Gasteiger charge is -2.39. The van der Waals surface area contributed by atoms with E-state index in [1.807, 2.05) is 0 Å². The molecule has 1 aliphatic heterocycles. The first-order valence-electron chi connectivity index (χ1n) is 7.09. The van der Waals surface area contributed by atoms with Crippen LogP contribution < -0.4 is 5.73 Å². The molecule has 0 spiro atoms. The number of rotatable bonds is 3. The van der Waals surface area contributed by atoms with Crippen molar-refractivity contribution in [3.8, 4) is 0 Å². The van der Waals surface area contributed by atoms with Gasteiger partial charge in [-0.05, 0) is 48.1 Å². The molecule has 0 amide bonds. The minimum Gasteiger partial charge on any atom is -0.329 e. The van der Waals surface area contributed by atoms with Crippen molar-refractivity contribution in [2.75, 3.05) is 13.1 Å². The molecule has 2 heterocycles. The second-order valence-electron chi connectivity index (χ2n) is 5.39. The molecule has 3 rings (SSSR count). The molecule has 5 heteroatoms. The van der Waals surface area contributed by atoms with Crippen molar-refractivity contribution in [1.29, 1.82) is 0 Å². The van der Waals surface area contributed by atoms with Gasteiger partial charge < -0.3 is 5.73 Å². The quantitative estimate of drug-likeness (QED) is 0.938. The minimum absolute atomic E-state index is 0.0943. The highest BCUT2D eigenvalue weighted by atomic mass is 32.1. The van der Waals surface area contributed by atoms with E-state index in [0.717, 1.165) is 18.5 Å². The summed E-state index contributed by atoms with van der Waals surface area (Å²) in [5, 5.41) is 2.11. The van der Waals surface area contributed by atoms with Crippen LogP contribution in [0.15, 0.2) is 29.6 Å². The Kier molecular flexibility index (Phi) is 4.06. The van der Waals surface area contributed by atoms with Gasteiger partial charge in [0, 0.05) is 30.1 Å². The Bertz CT molecular complexity index is 641. The summed E-state index contributed by atoms with van der Waals surface area (Å²) >= 11 is 1.78. The molecule has 2 atom stereocenters. The molecular formula is C16H18F2N2S. The van der Waals surface area contributed by atoms with Gasteiger partial charge in [0.25, 0.3) is 0 Å². The second-order valence-corrected chi connectivity index (χ2v) is 6.39. The highest BCUT2D eigenvalue weighted by Crippen LogP contribution is 2.37. The van der Waals surface area contributed by atoms with Gasteiger partial charge in [-0.2, -0.15) is 0 Å². The van der Waals surface area contributed by atoms with Crippen LogP contribution in [0.1, 0.15) is 35.0 Å². The van der Waals surface area contributed by atoms with Gasteiger partial charge in [-0.15, -0.1) is 11.3 Å². The Labute approximate surface area is 127 Å². The van der Waals surface area contributed by atoms with Gasteiger partial charge in [-0.3, -0.25) is 4.90 Å². The molecule has 0 fully saturated rings. The molecule has 2 unspecified atom stereocenters. The highest BCUT2D eigenvalue weighted by molar-refractivity contribution is 7.10. The van der Waals surface area contributed by atoms with E-state index in [1.54, 1.807) is 17.4 Å². The zero-order valence-corrected chi connectivity index (χ0v) is 12.7. The Balaban J connectivity index is 1.92. The molecule has 0 bridgehead atoms. The van der Waals surface area contributed by atoms with Gasteiger partial charge in [0.2, 0.25) is 0 Å². The number of halogens is 2. The lowest BCUT2D eigenvalue weighted by Crippen LogP contribution is -2.39. The maximum Gasteiger partial charge on any atom is 0.159 e. The first-order chi connectivity index (χ1) is 10.1. The lowest BCUT2D eigenvalue weighted by atomic mass is 9.96. The van der Waals surface area contributed by atoms with Crippen molar-refractivity contribution < 1.29 is 8.78 Å². The summed E-state index contributed by atoms with van der Waals surface area (Å²) in [7, 11) is 0. The molecule has 21 heavy (non-hydrogen) atoms. The molecule has 0 radical (unpaired) electrons. The van der Waals surface area contributed by atoms with E-state index in [-0.39, 0.29) is 12.1 Å². The Morgan fingerprint density at radius 3 is 2.86 bits per heavy atom. The summed E-state index contributed by atoms with van der Waals surface area (Å²) in [6, 6.07) is 6.37. The molecule has 112 valence electrons. The Hall–Kier alpha value is -1.30. The van der Waals surface area contributed by atoms with E-state index in [2.05, 4.69) is 23.3 Å². The van der Waals surface area contributed by atoms with Crippen LogP contribution in [0, 0.1) is 11.6 Å². The molecule has 2 aromatic rings. The highest BCUT2D eigenvalue weighted by Gasteiger charge is 2.30. The zero-order valence-electron chi connectivity index (χ0n) is 11.9. The standard InChI is InChI=1S/C16H18F2N2S/c1-10-12-5-7-21-16(12)4-6-20(10)15(9-19)11-2-3-13(17)14(18)8-11/h2-3,5,7-8,10,15H,4,6,9,19H2,1H3. The molecule has 0 aliphatic carbocycles. The van der Waals surface area contributed by atoms with Crippen LogP contribution >= 0.6 is 11.3 Å². The smallest absolute Gasteiger partial charge is 0.159 e. The molecule has 0 saturated heterocycles. The molecule has 2 nitrogen and oxygen atoms in total. The van der Waals surface area contributed by atoms with Gasteiger partial charge in [0.15, 0.2) is 11.6 Å². The number of fused-ring (bicyclic) bond motifs is 1. The summed E-state index contributed by atoms with van der Waals surface area (Å²) in [4.78, 5) is 3.70. The van der Waals surface area contributed by atoms with Crippen LogP contribution in [0.2, 0.25) is 0 Å². The maximum absolute atomic E-state index is 13.5. The molecule has 1 aromatic heterocycles. The lowest BCUT2D eigenvalue weighted by molar-refractivity contribution is 0.138. The zero-order chi connectivity index (χ0) is 15.0. The number of thiophene rings is 1. The van der Waals surface area contributed by atoms with Gasteiger partial charge >= 0.3 is 0 Å². The first kappa shape index (κ1) is 14.6.